The Labute approximate surface area is 192 Å². The van der Waals surface area contributed by atoms with Crippen molar-refractivity contribution in [1.82, 2.24) is 9.66 Å². The summed E-state index contributed by atoms with van der Waals surface area (Å²) in [6, 6.07) is 16.9. The van der Waals surface area contributed by atoms with E-state index >= 15 is 0 Å². The molecular formula is C24H19BrFN3O3. The van der Waals surface area contributed by atoms with Gasteiger partial charge in [-0.25, -0.2) is 9.37 Å². The standard InChI is InChI=1S/C24H19BrFN3O3/c1-15-28-21-8-7-18(25)12-20(21)24(30)29(15)27-13-16-6-9-22(23(11-16)31-2)32-14-17-4-3-5-19(26)10-17/h3-13H,14H2,1-2H3. The molecule has 0 aliphatic carbocycles. The van der Waals surface area contributed by atoms with E-state index in [1.165, 1.54) is 23.9 Å². The van der Waals surface area contributed by atoms with Crippen molar-refractivity contribution in [2.24, 2.45) is 5.10 Å². The highest BCUT2D eigenvalue weighted by Crippen LogP contribution is 2.28. The van der Waals surface area contributed by atoms with Crippen LogP contribution in [0.1, 0.15) is 17.0 Å². The maximum absolute atomic E-state index is 13.4. The van der Waals surface area contributed by atoms with Crippen LogP contribution in [0.2, 0.25) is 0 Å². The van der Waals surface area contributed by atoms with Gasteiger partial charge in [-0.15, -0.1) is 0 Å². The third-order valence-corrected chi connectivity index (χ3v) is 5.26. The van der Waals surface area contributed by atoms with E-state index in [2.05, 4.69) is 26.0 Å². The van der Waals surface area contributed by atoms with E-state index in [0.717, 1.165) is 4.47 Å². The van der Waals surface area contributed by atoms with E-state index in [9.17, 15) is 9.18 Å². The summed E-state index contributed by atoms with van der Waals surface area (Å²) >= 11 is 3.38. The van der Waals surface area contributed by atoms with Crippen molar-refractivity contribution >= 4 is 33.0 Å². The fraction of sp³-hybridized carbons (Fsp3) is 0.125. The molecule has 0 radical (unpaired) electrons. The molecule has 162 valence electrons. The second kappa shape index (κ2) is 9.32. The Morgan fingerprint density at radius 1 is 1.12 bits per heavy atom. The topological polar surface area (TPSA) is 65.7 Å². The summed E-state index contributed by atoms with van der Waals surface area (Å²) in [5.41, 5.74) is 1.78. The van der Waals surface area contributed by atoms with Crippen LogP contribution >= 0.6 is 15.9 Å². The van der Waals surface area contributed by atoms with E-state index in [1.54, 1.807) is 55.6 Å². The predicted octanol–water partition coefficient (Wildman–Crippen LogP) is 5.08. The number of aromatic nitrogens is 2. The molecule has 4 rings (SSSR count). The quantitative estimate of drug-likeness (QED) is 0.350. The minimum absolute atomic E-state index is 0.203. The largest absolute Gasteiger partial charge is 0.493 e. The lowest BCUT2D eigenvalue weighted by atomic mass is 10.2. The molecule has 0 aliphatic heterocycles. The lowest BCUT2D eigenvalue weighted by molar-refractivity contribution is 0.284. The van der Waals surface area contributed by atoms with Crippen LogP contribution in [0.25, 0.3) is 10.9 Å². The molecule has 0 unspecified atom stereocenters. The molecule has 0 fully saturated rings. The normalized spacial score (nSPS) is 11.2. The van der Waals surface area contributed by atoms with Gasteiger partial charge < -0.3 is 9.47 Å². The summed E-state index contributed by atoms with van der Waals surface area (Å²) in [4.78, 5) is 17.3. The summed E-state index contributed by atoms with van der Waals surface area (Å²) in [6.45, 7) is 1.93. The van der Waals surface area contributed by atoms with Crippen molar-refractivity contribution in [1.29, 1.82) is 0 Å². The lowest BCUT2D eigenvalue weighted by Gasteiger charge is -2.11. The molecule has 3 aromatic carbocycles. The molecule has 1 aromatic heterocycles. The van der Waals surface area contributed by atoms with Crippen molar-refractivity contribution in [3.63, 3.8) is 0 Å². The van der Waals surface area contributed by atoms with Crippen molar-refractivity contribution in [2.45, 2.75) is 13.5 Å². The number of ether oxygens (including phenoxy) is 2. The van der Waals surface area contributed by atoms with Gasteiger partial charge in [-0.2, -0.15) is 9.78 Å². The SMILES string of the molecule is COc1cc(C=Nn2c(C)nc3ccc(Br)cc3c2=O)ccc1OCc1cccc(F)c1. The summed E-state index contributed by atoms with van der Waals surface area (Å²) in [5, 5.41) is 4.80. The Bertz CT molecular complexity index is 1390. The first kappa shape index (κ1) is 21.7. The predicted molar refractivity (Wildman–Crippen MR) is 125 cm³/mol. The van der Waals surface area contributed by atoms with Crippen molar-refractivity contribution in [2.75, 3.05) is 7.11 Å². The van der Waals surface area contributed by atoms with Crippen LogP contribution in [0.4, 0.5) is 4.39 Å². The van der Waals surface area contributed by atoms with Gasteiger partial charge in [-0.1, -0.05) is 28.1 Å². The Morgan fingerprint density at radius 3 is 2.75 bits per heavy atom. The van der Waals surface area contributed by atoms with Crippen molar-refractivity contribution < 1.29 is 13.9 Å². The maximum Gasteiger partial charge on any atom is 0.282 e. The Morgan fingerprint density at radius 2 is 1.97 bits per heavy atom. The number of nitrogens with zero attached hydrogens (tertiary/aromatic N) is 3. The Balaban J connectivity index is 1.59. The smallest absolute Gasteiger partial charge is 0.282 e. The highest BCUT2D eigenvalue weighted by Gasteiger charge is 2.09. The van der Waals surface area contributed by atoms with Gasteiger partial charge in [-0.05, 0) is 66.6 Å². The van der Waals surface area contributed by atoms with Gasteiger partial charge in [0.05, 0.1) is 24.2 Å². The first-order valence-corrected chi connectivity index (χ1v) is 10.5. The van der Waals surface area contributed by atoms with Crippen LogP contribution in [0.15, 0.2) is 75.0 Å². The molecule has 4 aromatic rings. The Kier molecular flexibility index (Phi) is 6.32. The molecule has 0 aliphatic rings. The monoisotopic (exact) mass is 495 g/mol. The summed E-state index contributed by atoms with van der Waals surface area (Å²) in [7, 11) is 1.53. The number of fused-ring (bicyclic) bond motifs is 1. The summed E-state index contributed by atoms with van der Waals surface area (Å²) in [6.07, 6.45) is 1.55. The number of halogens is 2. The average Bonchev–Trinajstić information content (AvgIpc) is 2.78. The van der Waals surface area contributed by atoms with Crippen LogP contribution in [0.5, 0.6) is 11.5 Å². The number of methoxy groups -OCH3 is 1. The zero-order chi connectivity index (χ0) is 22.7. The van der Waals surface area contributed by atoms with Gasteiger partial charge in [0.25, 0.3) is 5.56 Å². The van der Waals surface area contributed by atoms with E-state index in [-0.39, 0.29) is 18.0 Å². The minimum Gasteiger partial charge on any atom is -0.493 e. The molecule has 0 amide bonds. The molecule has 0 N–H and O–H groups in total. The molecule has 0 atom stereocenters. The fourth-order valence-electron chi connectivity index (χ4n) is 3.19. The van der Waals surface area contributed by atoms with Crippen LogP contribution in [-0.4, -0.2) is 23.0 Å². The summed E-state index contributed by atoms with van der Waals surface area (Å²) in [5.74, 6) is 1.17. The molecule has 0 saturated carbocycles. The van der Waals surface area contributed by atoms with Crippen LogP contribution in [0, 0.1) is 12.7 Å². The highest BCUT2D eigenvalue weighted by atomic mass is 79.9. The van der Waals surface area contributed by atoms with Crippen molar-refractivity contribution in [3.8, 4) is 11.5 Å². The van der Waals surface area contributed by atoms with Gasteiger partial charge in [0.15, 0.2) is 11.5 Å². The number of hydrogen-bond acceptors (Lipinski definition) is 5. The molecule has 0 spiro atoms. The van der Waals surface area contributed by atoms with E-state index in [4.69, 9.17) is 9.47 Å². The number of rotatable bonds is 6. The van der Waals surface area contributed by atoms with E-state index in [1.807, 2.05) is 6.07 Å². The average molecular weight is 496 g/mol. The first-order chi connectivity index (χ1) is 15.4. The van der Waals surface area contributed by atoms with Gasteiger partial charge in [0, 0.05) is 4.47 Å². The van der Waals surface area contributed by atoms with Gasteiger partial charge in [0.2, 0.25) is 0 Å². The molecule has 8 heteroatoms. The van der Waals surface area contributed by atoms with Gasteiger partial charge in [0.1, 0.15) is 18.2 Å². The molecular weight excluding hydrogens is 477 g/mol. The Hall–Kier alpha value is -3.52. The third kappa shape index (κ3) is 4.70. The van der Waals surface area contributed by atoms with Crippen molar-refractivity contribution in [3.05, 3.63) is 98.3 Å². The minimum atomic E-state index is -0.314. The van der Waals surface area contributed by atoms with Crippen LogP contribution in [0.3, 0.4) is 0 Å². The fourth-order valence-corrected chi connectivity index (χ4v) is 3.55. The second-order valence-corrected chi connectivity index (χ2v) is 7.93. The molecule has 1 heterocycles. The molecule has 32 heavy (non-hydrogen) atoms. The zero-order valence-electron chi connectivity index (χ0n) is 17.4. The summed E-state index contributed by atoms with van der Waals surface area (Å²) < 4.78 is 26.6. The maximum atomic E-state index is 13.4. The van der Waals surface area contributed by atoms with Crippen LogP contribution < -0.4 is 15.0 Å². The second-order valence-electron chi connectivity index (χ2n) is 7.01. The number of benzene rings is 3. The number of hydrogen-bond donors (Lipinski definition) is 0. The zero-order valence-corrected chi connectivity index (χ0v) is 19.0. The van der Waals surface area contributed by atoms with Gasteiger partial charge >= 0.3 is 0 Å². The van der Waals surface area contributed by atoms with E-state index < -0.39 is 0 Å². The molecule has 6 nitrogen and oxygen atoms in total. The molecule has 0 bridgehead atoms. The number of aryl methyl sites for hydroxylation is 1. The highest BCUT2D eigenvalue weighted by molar-refractivity contribution is 9.10. The third-order valence-electron chi connectivity index (χ3n) is 4.76. The van der Waals surface area contributed by atoms with Gasteiger partial charge in [-0.3, -0.25) is 4.79 Å². The molecule has 0 saturated heterocycles. The lowest BCUT2D eigenvalue weighted by Crippen LogP contribution is -2.20. The first-order valence-electron chi connectivity index (χ1n) is 9.73. The van der Waals surface area contributed by atoms with Crippen LogP contribution in [-0.2, 0) is 6.61 Å². The van der Waals surface area contributed by atoms with E-state index in [0.29, 0.717) is 39.4 Å².